The summed E-state index contributed by atoms with van der Waals surface area (Å²) in [4.78, 5) is 12.2. The van der Waals surface area contributed by atoms with Crippen molar-refractivity contribution in [3.05, 3.63) is 89.7 Å². The topological polar surface area (TPSA) is 54.3 Å². The summed E-state index contributed by atoms with van der Waals surface area (Å²) in [5, 5.41) is 12.2. The molecule has 4 heteroatoms. The van der Waals surface area contributed by atoms with Crippen molar-refractivity contribution in [3.8, 4) is 5.69 Å². The predicted molar refractivity (Wildman–Crippen MR) is 89.3 cm³/mol. The lowest BCUT2D eigenvalue weighted by Gasteiger charge is -2.09. The highest BCUT2D eigenvalue weighted by Crippen LogP contribution is 2.11. The van der Waals surface area contributed by atoms with Crippen molar-refractivity contribution in [2.45, 2.75) is 13.2 Å². The minimum atomic E-state index is -0.128. The molecule has 1 heterocycles. The lowest BCUT2D eigenvalue weighted by molar-refractivity contribution is 0.0950. The van der Waals surface area contributed by atoms with Crippen LogP contribution in [0.2, 0.25) is 0 Å². The zero-order valence-corrected chi connectivity index (χ0v) is 12.6. The number of amides is 1. The Morgan fingerprint density at radius 2 is 1.57 bits per heavy atom. The van der Waals surface area contributed by atoms with Gasteiger partial charge in [0.25, 0.3) is 5.91 Å². The van der Waals surface area contributed by atoms with E-state index in [-0.39, 0.29) is 12.5 Å². The van der Waals surface area contributed by atoms with Crippen LogP contribution in [0.3, 0.4) is 0 Å². The van der Waals surface area contributed by atoms with Gasteiger partial charge < -0.3 is 15.0 Å². The predicted octanol–water partition coefficient (Wildman–Crippen LogP) is 2.90. The summed E-state index contributed by atoms with van der Waals surface area (Å²) in [6, 6.07) is 18.9. The molecule has 0 atom stereocenters. The molecule has 0 fully saturated rings. The van der Waals surface area contributed by atoms with E-state index in [1.54, 1.807) is 0 Å². The summed E-state index contributed by atoms with van der Waals surface area (Å²) >= 11 is 0. The third-order valence-corrected chi connectivity index (χ3v) is 3.76. The van der Waals surface area contributed by atoms with Gasteiger partial charge in [-0.15, -0.1) is 0 Å². The van der Waals surface area contributed by atoms with Crippen LogP contribution < -0.4 is 5.32 Å². The van der Waals surface area contributed by atoms with Crippen molar-refractivity contribution in [1.82, 2.24) is 9.88 Å². The Kier molecular flexibility index (Phi) is 4.54. The molecule has 1 amide bonds. The number of rotatable bonds is 5. The van der Waals surface area contributed by atoms with Gasteiger partial charge in [-0.05, 0) is 47.5 Å². The van der Waals surface area contributed by atoms with Crippen molar-refractivity contribution in [2.75, 3.05) is 0 Å². The fourth-order valence-corrected chi connectivity index (χ4v) is 2.45. The summed E-state index contributed by atoms with van der Waals surface area (Å²) in [6.07, 6.45) is 3.92. The van der Waals surface area contributed by atoms with Gasteiger partial charge in [-0.1, -0.05) is 24.3 Å². The van der Waals surface area contributed by atoms with E-state index in [9.17, 15) is 9.90 Å². The average Bonchev–Trinajstić information content (AvgIpc) is 3.14. The Hall–Kier alpha value is -2.85. The quantitative estimate of drug-likeness (QED) is 0.761. The summed E-state index contributed by atoms with van der Waals surface area (Å²) in [7, 11) is 0. The maximum absolute atomic E-state index is 12.2. The van der Waals surface area contributed by atoms with E-state index in [0.29, 0.717) is 12.1 Å². The van der Waals surface area contributed by atoms with E-state index in [1.165, 1.54) is 0 Å². The first kappa shape index (κ1) is 15.1. The number of carbonyl (C=O) groups excluding carboxylic acids is 1. The van der Waals surface area contributed by atoms with Gasteiger partial charge in [0.05, 0.1) is 6.61 Å². The Labute approximate surface area is 135 Å². The molecular formula is C19H18N2O2. The molecule has 0 saturated carbocycles. The van der Waals surface area contributed by atoms with Gasteiger partial charge in [-0.3, -0.25) is 4.79 Å². The lowest BCUT2D eigenvalue weighted by Crippen LogP contribution is -2.23. The maximum Gasteiger partial charge on any atom is 0.251 e. The first-order valence-corrected chi connectivity index (χ1v) is 7.47. The molecule has 0 spiro atoms. The summed E-state index contributed by atoms with van der Waals surface area (Å²) < 4.78 is 1.99. The van der Waals surface area contributed by atoms with E-state index in [1.807, 2.05) is 77.6 Å². The number of aliphatic hydroxyl groups is 1. The summed E-state index contributed by atoms with van der Waals surface area (Å²) in [5.74, 6) is -0.128. The minimum absolute atomic E-state index is 0.0301. The van der Waals surface area contributed by atoms with E-state index in [0.717, 1.165) is 16.8 Å². The molecule has 3 rings (SSSR count). The van der Waals surface area contributed by atoms with Crippen molar-refractivity contribution in [3.63, 3.8) is 0 Å². The van der Waals surface area contributed by atoms with Crippen molar-refractivity contribution >= 4 is 5.91 Å². The van der Waals surface area contributed by atoms with Crippen molar-refractivity contribution in [2.24, 2.45) is 0 Å². The highest BCUT2D eigenvalue weighted by Gasteiger charge is 2.07. The molecule has 0 aliphatic carbocycles. The van der Waals surface area contributed by atoms with Crippen LogP contribution in [-0.2, 0) is 13.2 Å². The molecule has 0 bridgehead atoms. The highest BCUT2D eigenvalue weighted by atomic mass is 16.3. The van der Waals surface area contributed by atoms with Crippen LogP contribution in [0.1, 0.15) is 21.5 Å². The number of aromatic nitrogens is 1. The molecule has 0 radical (unpaired) electrons. The number of aliphatic hydroxyl groups excluding tert-OH is 1. The van der Waals surface area contributed by atoms with Crippen LogP contribution in [-0.4, -0.2) is 15.6 Å². The van der Waals surface area contributed by atoms with Gasteiger partial charge in [-0.25, -0.2) is 0 Å². The average molecular weight is 306 g/mol. The Bertz CT molecular complexity index is 777. The zero-order chi connectivity index (χ0) is 16.1. The van der Waals surface area contributed by atoms with Crippen LogP contribution in [0.25, 0.3) is 5.69 Å². The molecule has 2 aromatic carbocycles. The molecule has 2 N–H and O–H groups in total. The van der Waals surface area contributed by atoms with Gasteiger partial charge in [0, 0.05) is 30.2 Å². The van der Waals surface area contributed by atoms with Gasteiger partial charge in [0.2, 0.25) is 0 Å². The Morgan fingerprint density at radius 1 is 0.913 bits per heavy atom. The Morgan fingerprint density at radius 3 is 2.22 bits per heavy atom. The van der Waals surface area contributed by atoms with Gasteiger partial charge in [0.15, 0.2) is 0 Å². The molecular weight excluding hydrogens is 288 g/mol. The van der Waals surface area contributed by atoms with Crippen LogP contribution in [0.4, 0.5) is 0 Å². The molecule has 4 nitrogen and oxygen atoms in total. The first-order chi connectivity index (χ1) is 11.3. The van der Waals surface area contributed by atoms with E-state index in [2.05, 4.69) is 5.32 Å². The summed E-state index contributed by atoms with van der Waals surface area (Å²) in [5.41, 5.74) is 3.38. The lowest BCUT2D eigenvalue weighted by atomic mass is 10.1. The van der Waals surface area contributed by atoms with E-state index < -0.39 is 0 Å². The summed E-state index contributed by atoms with van der Waals surface area (Å²) in [6.45, 7) is 0.368. The molecule has 1 aromatic heterocycles. The van der Waals surface area contributed by atoms with E-state index >= 15 is 0 Å². The van der Waals surface area contributed by atoms with Crippen molar-refractivity contribution in [1.29, 1.82) is 0 Å². The maximum atomic E-state index is 12.2. The molecule has 116 valence electrons. The van der Waals surface area contributed by atoms with Gasteiger partial charge >= 0.3 is 0 Å². The van der Waals surface area contributed by atoms with Crippen molar-refractivity contribution < 1.29 is 9.90 Å². The number of hydrogen-bond acceptors (Lipinski definition) is 2. The largest absolute Gasteiger partial charge is 0.392 e. The van der Waals surface area contributed by atoms with Gasteiger partial charge in [-0.2, -0.15) is 0 Å². The molecule has 0 aliphatic heterocycles. The number of hydrogen-bond donors (Lipinski definition) is 2. The first-order valence-electron chi connectivity index (χ1n) is 7.47. The van der Waals surface area contributed by atoms with Crippen LogP contribution in [0.5, 0.6) is 0 Å². The highest BCUT2D eigenvalue weighted by molar-refractivity contribution is 5.94. The standard InChI is InChI=1S/C19H18N2O2/c22-14-17-6-2-1-5-16(17)13-20-19(23)15-7-9-18(10-8-15)21-11-3-4-12-21/h1-12,22H,13-14H2,(H,20,23). The normalized spacial score (nSPS) is 10.5. The second-order valence-corrected chi connectivity index (χ2v) is 5.25. The molecule has 0 aliphatic rings. The zero-order valence-electron chi connectivity index (χ0n) is 12.6. The molecule has 23 heavy (non-hydrogen) atoms. The number of nitrogens with zero attached hydrogens (tertiary/aromatic N) is 1. The number of nitrogens with one attached hydrogen (secondary N) is 1. The SMILES string of the molecule is O=C(NCc1ccccc1CO)c1ccc(-n2cccc2)cc1. The second-order valence-electron chi connectivity index (χ2n) is 5.25. The third kappa shape index (κ3) is 3.49. The number of carbonyl (C=O) groups is 1. The fourth-order valence-electron chi connectivity index (χ4n) is 2.45. The smallest absolute Gasteiger partial charge is 0.251 e. The van der Waals surface area contributed by atoms with Gasteiger partial charge in [0.1, 0.15) is 0 Å². The van der Waals surface area contributed by atoms with Crippen LogP contribution in [0.15, 0.2) is 73.1 Å². The molecule has 0 unspecified atom stereocenters. The molecule has 0 saturated heterocycles. The second kappa shape index (κ2) is 6.94. The fraction of sp³-hybridized carbons (Fsp3) is 0.105. The van der Waals surface area contributed by atoms with E-state index in [4.69, 9.17) is 0 Å². The minimum Gasteiger partial charge on any atom is -0.392 e. The number of benzene rings is 2. The van der Waals surface area contributed by atoms with Crippen LogP contribution >= 0.6 is 0 Å². The molecule has 3 aromatic rings. The monoisotopic (exact) mass is 306 g/mol. The third-order valence-electron chi connectivity index (χ3n) is 3.76. The van der Waals surface area contributed by atoms with Crippen LogP contribution in [0, 0.1) is 0 Å². The Balaban J connectivity index is 1.66.